The van der Waals surface area contributed by atoms with Crippen LogP contribution in [0.2, 0.25) is 10.0 Å². The maximum atomic E-state index is 12.5. The molecule has 1 aromatic heterocycles. The molecule has 0 aliphatic heterocycles. The Morgan fingerprint density at radius 1 is 1.10 bits per heavy atom. The van der Waals surface area contributed by atoms with Gasteiger partial charge in [-0.05, 0) is 37.3 Å². The van der Waals surface area contributed by atoms with Crippen LogP contribution in [-0.4, -0.2) is 40.6 Å². The predicted molar refractivity (Wildman–Crippen MR) is 120 cm³/mol. The zero-order valence-electron chi connectivity index (χ0n) is 16.6. The first-order chi connectivity index (χ1) is 14.5. The van der Waals surface area contributed by atoms with Gasteiger partial charge in [-0.2, -0.15) is 0 Å². The molecule has 0 aliphatic rings. The zero-order chi connectivity index (χ0) is 21.7. The number of methoxy groups -OCH3 is 2. The summed E-state index contributed by atoms with van der Waals surface area (Å²) < 4.78 is 12.4. The molecule has 10 heteroatoms. The molecule has 0 spiro atoms. The Labute approximate surface area is 188 Å². The van der Waals surface area contributed by atoms with Gasteiger partial charge >= 0.3 is 0 Å². The van der Waals surface area contributed by atoms with Crippen LogP contribution in [0, 0.1) is 0 Å². The van der Waals surface area contributed by atoms with Crippen LogP contribution >= 0.6 is 35.0 Å². The SMILES string of the molecule is CCn1c(SCC(=O)Nc2cc(Cl)c(OC)cc2OC)nnc1-c1ccc(Cl)cc1. The number of thioether (sulfide) groups is 1. The van der Waals surface area contributed by atoms with E-state index in [1.165, 1.54) is 26.0 Å². The van der Waals surface area contributed by atoms with E-state index in [-0.39, 0.29) is 11.7 Å². The summed E-state index contributed by atoms with van der Waals surface area (Å²) in [6.45, 7) is 2.66. The van der Waals surface area contributed by atoms with Gasteiger partial charge in [-0.25, -0.2) is 0 Å². The van der Waals surface area contributed by atoms with E-state index in [0.29, 0.717) is 38.9 Å². The molecule has 0 bridgehead atoms. The summed E-state index contributed by atoms with van der Waals surface area (Å²) in [6, 6.07) is 10.6. The molecule has 0 aliphatic carbocycles. The number of amides is 1. The first-order valence-corrected chi connectivity index (χ1v) is 10.7. The van der Waals surface area contributed by atoms with Crippen molar-refractivity contribution in [3.8, 4) is 22.9 Å². The van der Waals surface area contributed by atoms with Crippen LogP contribution in [0.3, 0.4) is 0 Å². The normalized spacial score (nSPS) is 10.7. The first kappa shape index (κ1) is 22.3. The third-order valence-corrected chi connectivity index (χ3v) is 5.73. The van der Waals surface area contributed by atoms with Crippen molar-refractivity contribution < 1.29 is 14.3 Å². The molecule has 3 rings (SSSR count). The molecule has 158 valence electrons. The van der Waals surface area contributed by atoms with Gasteiger partial charge in [-0.3, -0.25) is 4.79 Å². The zero-order valence-corrected chi connectivity index (χ0v) is 18.9. The van der Waals surface area contributed by atoms with Crippen molar-refractivity contribution in [1.82, 2.24) is 14.8 Å². The lowest BCUT2D eigenvalue weighted by Gasteiger charge is -2.13. The van der Waals surface area contributed by atoms with Crippen molar-refractivity contribution >= 4 is 46.6 Å². The number of rotatable bonds is 8. The lowest BCUT2D eigenvalue weighted by Crippen LogP contribution is -2.15. The Morgan fingerprint density at radius 3 is 2.43 bits per heavy atom. The van der Waals surface area contributed by atoms with E-state index in [1.54, 1.807) is 24.3 Å². The van der Waals surface area contributed by atoms with Gasteiger partial charge in [0.1, 0.15) is 11.5 Å². The largest absolute Gasteiger partial charge is 0.495 e. The molecule has 2 aromatic carbocycles. The Morgan fingerprint density at radius 2 is 1.80 bits per heavy atom. The van der Waals surface area contributed by atoms with Crippen molar-refractivity contribution in [3.63, 3.8) is 0 Å². The first-order valence-electron chi connectivity index (χ1n) is 9.00. The van der Waals surface area contributed by atoms with Crippen LogP contribution in [0.15, 0.2) is 41.6 Å². The summed E-state index contributed by atoms with van der Waals surface area (Å²) >= 11 is 13.4. The maximum absolute atomic E-state index is 12.5. The van der Waals surface area contributed by atoms with Gasteiger partial charge in [-0.15, -0.1) is 10.2 Å². The summed E-state index contributed by atoms with van der Waals surface area (Å²) in [5.74, 6) is 1.56. The minimum atomic E-state index is -0.224. The molecule has 0 saturated carbocycles. The van der Waals surface area contributed by atoms with Gasteiger partial charge in [-0.1, -0.05) is 35.0 Å². The van der Waals surface area contributed by atoms with Gasteiger partial charge < -0.3 is 19.4 Å². The third kappa shape index (κ3) is 5.00. The molecule has 30 heavy (non-hydrogen) atoms. The Bertz CT molecular complexity index is 1040. The fourth-order valence-corrected chi connectivity index (χ4v) is 3.94. The van der Waals surface area contributed by atoms with E-state index in [9.17, 15) is 4.79 Å². The van der Waals surface area contributed by atoms with Gasteiger partial charge in [0.25, 0.3) is 0 Å². The average molecular weight is 467 g/mol. The quantitative estimate of drug-likeness (QED) is 0.469. The number of hydrogen-bond acceptors (Lipinski definition) is 6. The van der Waals surface area contributed by atoms with Crippen LogP contribution in [0.1, 0.15) is 6.92 Å². The second kappa shape index (κ2) is 10.1. The highest BCUT2D eigenvalue weighted by Crippen LogP contribution is 2.36. The second-order valence-corrected chi connectivity index (χ2v) is 7.87. The Kier molecular flexibility index (Phi) is 7.47. The fraction of sp³-hybridized carbons (Fsp3) is 0.250. The van der Waals surface area contributed by atoms with E-state index in [1.807, 2.05) is 23.6 Å². The van der Waals surface area contributed by atoms with Crippen LogP contribution < -0.4 is 14.8 Å². The van der Waals surface area contributed by atoms with Crippen molar-refractivity contribution in [2.45, 2.75) is 18.6 Å². The molecule has 0 unspecified atom stereocenters. The van der Waals surface area contributed by atoms with Gasteiger partial charge in [0.15, 0.2) is 11.0 Å². The number of aromatic nitrogens is 3. The van der Waals surface area contributed by atoms with Crippen LogP contribution in [0.4, 0.5) is 5.69 Å². The number of hydrogen-bond donors (Lipinski definition) is 1. The number of anilines is 1. The number of carbonyl (C=O) groups excluding carboxylic acids is 1. The highest BCUT2D eigenvalue weighted by atomic mass is 35.5. The Balaban J connectivity index is 1.71. The van der Waals surface area contributed by atoms with E-state index in [0.717, 1.165) is 11.4 Å². The molecule has 0 saturated heterocycles. The van der Waals surface area contributed by atoms with Crippen molar-refractivity contribution in [3.05, 3.63) is 46.4 Å². The summed E-state index contributed by atoms with van der Waals surface area (Å²) in [4.78, 5) is 12.5. The summed E-state index contributed by atoms with van der Waals surface area (Å²) in [5.41, 5.74) is 1.37. The lowest BCUT2D eigenvalue weighted by molar-refractivity contribution is -0.113. The third-order valence-electron chi connectivity index (χ3n) is 4.22. The summed E-state index contributed by atoms with van der Waals surface area (Å²) in [5, 5.41) is 13.0. The van der Waals surface area contributed by atoms with E-state index >= 15 is 0 Å². The van der Waals surface area contributed by atoms with Crippen LogP contribution in [0.25, 0.3) is 11.4 Å². The molecule has 0 radical (unpaired) electrons. The fourth-order valence-electron chi connectivity index (χ4n) is 2.77. The minimum absolute atomic E-state index is 0.144. The van der Waals surface area contributed by atoms with Crippen LogP contribution in [-0.2, 0) is 11.3 Å². The van der Waals surface area contributed by atoms with E-state index < -0.39 is 0 Å². The lowest BCUT2D eigenvalue weighted by atomic mass is 10.2. The number of benzene rings is 2. The minimum Gasteiger partial charge on any atom is -0.495 e. The average Bonchev–Trinajstić information content (AvgIpc) is 3.16. The maximum Gasteiger partial charge on any atom is 0.234 e. The Hall–Kier alpha value is -2.42. The van der Waals surface area contributed by atoms with Crippen molar-refractivity contribution in [1.29, 1.82) is 0 Å². The van der Waals surface area contributed by atoms with Gasteiger partial charge in [0, 0.05) is 23.2 Å². The monoisotopic (exact) mass is 466 g/mol. The number of nitrogens with zero attached hydrogens (tertiary/aromatic N) is 3. The molecule has 1 amide bonds. The summed E-state index contributed by atoms with van der Waals surface area (Å²) in [7, 11) is 3.02. The van der Waals surface area contributed by atoms with Gasteiger partial charge in [0.05, 0.1) is 30.7 Å². The molecule has 0 fully saturated rings. The topological polar surface area (TPSA) is 78.3 Å². The number of nitrogens with one attached hydrogen (secondary N) is 1. The van der Waals surface area contributed by atoms with E-state index in [4.69, 9.17) is 32.7 Å². The van der Waals surface area contributed by atoms with Crippen LogP contribution in [0.5, 0.6) is 11.5 Å². The van der Waals surface area contributed by atoms with E-state index in [2.05, 4.69) is 15.5 Å². The molecule has 1 N–H and O–H groups in total. The second-order valence-electron chi connectivity index (χ2n) is 6.08. The van der Waals surface area contributed by atoms with Crippen molar-refractivity contribution in [2.24, 2.45) is 0 Å². The van der Waals surface area contributed by atoms with Gasteiger partial charge in [0.2, 0.25) is 5.91 Å². The smallest absolute Gasteiger partial charge is 0.234 e. The molecular formula is C20H20Cl2N4O3S. The molecule has 1 heterocycles. The molecule has 0 atom stereocenters. The predicted octanol–water partition coefficient (Wildman–Crippen LogP) is 5.02. The standard InChI is InChI=1S/C20H20Cl2N4O3S/c1-4-26-19(12-5-7-13(21)8-6-12)24-25-20(26)30-11-18(27)23-15-9-14(22)16(28-2)10-17(15)29-3/h5-10H,4,11H2,1-3H3,(H,23,27). The number of ether oxygens (including phenoxy) is 2. The number of carbonyl (C=O) groups is 1. The highest BCUT2D eigenvalue weighted by molar-refractivity contribution is 7.99. The highest BCUT2D eigenvalue weighted by Gasteiger charge is 2.16. The molecule has 7 nitrogen and oxygen atoms in total. The number of halogens is 2. The van der Waals surface area contributed by atoms with Crippen molar-refractivity contribution in [2.75, 3.05) is 25.3 Å². The molecule has 3 aromatic rings. The summed E-state index contributed by atoms with van der Waals surface area (Å²) in [6.07, 6.45) is 0. The molecular weight excluding hydrogens is 447 g/mol.